The van der Waals surface area contributed by atoms with Gasteiger partial charge in [-0.3, -0.25) is 4.79 Å². The first-order chi connectivity index (χ1) is 12.0. The van der Waals surface area contributed by atoms with Crippen LogP contribution >= 0.6 is 11.6 Å². The molecule has 0 radical (unpaired) electrons. The maximum atomic E-state index is 13.7. The van der Waals surface area contributed by atoms with Gasteiger partial charge in [0.15, 0.2) is 11.5 Å². The molecule has 0 saturated heterocycles. The maximum Gasteiger partial charge on any atom is 0.254 e. The third kappa shape index (κ3) is 5.36. The van der Waals surface area contributed by atoms with Crippen molar-refractivity contribution in [3.63, 3.8) is 0 Å². The van der Waals surface area contributed by atoms with E-state index in [1.165, 1.54) is 12.1 Å². The van der Waals surface area contributed by atoms with Crippen LogP contribution in [0, 0.1) is 5.82 Å². The van der Waals surface area contributed by atoms with Crippen molar-refractivity contribution in [1.82, 2.24) is 5.32 Å². The van der Waals surface area contributed by atoms with Crippen molar-refractivity contribution in [3.05, 3.63) is 58.4 Å². The molecule has 1 amide bonds. The van der Waals surface area contributed by atoms with Crippen molar-refractivity contribution in [1.29, 1.82) is 0 Å². The standard InChI is InChI=1S/C19H21ClFNO3/c1-3-24-17-8-5-13(11-18(17)25-4-2)9-10-22-19(23)15-7-6-14(20)12-16(15)21/h5-8,11-12H,3-4,9-10H2,1-2H3,(H,22,23). The highest BCUT2D eigenvalue weighted by Crippen LogP contribution is 2.28. The SMILES string of the molecule is CCOc1ccc(CCNC(=O)c2ccc(Cl)cc2F)cc1OCC. The molecular weight excluding hydrogens is 345 g/mol. The van der Waals surface area contributed by atoms with E-state index >= 15 is 0 Å². The van der Waals surface area contributed by atoms with Crippen LogP contribution in [0.5, 0.6) is 11.5 Å². The van der Waals surface area contributed by atoms with Crippen LogP contribution in [0.4, 0.5) is 4.39 Å². The van der Waals surface area contributed by atoms with Crippen molar-refractivity contribution in [2.45, 2.75) is 20.3 Å². The third-order valence-electron chi connectivity index (χ3n) is 3.48. The summed E-state index contributed by atoms with van der Waals surface area (Å²) in [6.07, 6.45) is 0.591. The Kier molecular flexibility index (Phi) is 7.07. The molecule has 4 nitrogen and oxygen atoms in total. The second-order valence-electron chi connectivity index (χ2n) is 5.28. The predicted molar refractivity (Wildman–Crippen MR) is 96.2 cm³/mol. The molecule has 134 valence electrons. The van der Waals surface area contributed by atoms with Crippen LogP contribution in [-0.4, -0.2) is 25.7 Å². The number of carbonyl (C=O) groups is 1. The quantitative estimate of drug-likeness (QED) is 0.760. The molecule has 0 aromatic heterocycles. The predicted octanol–water partition coefficient (Wildman–Crippen LogP) is 4.25. The Morgan fingerprint density at radius 3 is 2.48 bits per heavy atom. The molecule has 0 aliphatic rings. The molecule has 0 unspecified atom stereocenters. The van der Waals surface area contributed by atoms with E-state index in [2.05, 4.69) is 5.32 Å². The van der Waals surface area contributed by atoms with Crippen LogP contribution in [0.3, 0.4) is 0 Å². The van der Waals surface area contributed by atoms with Crippen molar-refractivity contribution in [3.8, 4) is 11.5 Å². The average molecular weight is 366 g/mol. The molecule has 0 saturated carbocycles. The summed E-state index contributed by atoms with van der Waals surface area (Å²) in [5.41, 5.74) is 0.967. The molecule has 2 rings (SSSR count). The van der Waals surface area contributed by atoms with Gasteiger partial charge in [0.2, 0.25) is 0 Å². The summed E-state index contributed by atoms with van der Waals surface area (Å²) >= 11 is 5.69. The summed E-state index contributed by atoms with van der Waals surface area (Å²) in [4.78, 5) is 12.0. The molecule has 6 heteroatoms. The molecule has 2 aromatic carbocycles. The molecular formula is C19H21ClFNO3. The largest absolute Gasteiger partial charge is 0.490 e. The Balaban J connectivity index is 1.96. The summed E-state index contributed by atoms with van der Waals surface area (Å²) < 4.78 is 24.8. The van der Waals surface area contributed by atoms with Crippen LogP contribution in [0.15, 0.2) is 36.4 Å². The maximum absolute atomic E-state index is 13.7. The van der Waals surface area contributed by atoms with E-state index in [1.54, 1.807) is 0 Å². The number of nitrogens with one attached hydrogen (secondary N) is 1. The molecule has 25 heavy (non-hydrogen) atoms. The number of halogens is 2. The smallest absolute Gasteiger partial charge is 0.254 e. The number of ether oxygens (including phenoxy) is 2. The van der Waals surface area contributed by atoms with Crippen molar-refractivity contribution >= 4 is 17.5 Å². The first-order valence-electron chi connectivity index (χ1n) is 8.17. The van der Waals surface area contributed by atoms with Crippen molar-refractivity contribution in [2.75, 3.05) is 19.8 Å². The van der Waals surface area contributed by atoms with Gasteiger partial charge in [-0.05, 0) is 56.2 Å². The molecule has 0 spiro atoms. The third-order valence-corrected chi connectivity index (χ3v) is 3.72. The molecule has 0 heterocycles. The number of hydrogen-bond acceptors (Lipinski definition) is 3. The van der Waals surface area contributed by atoms with Crippen LogP contribution in [0.1, 0.15) is 29.8 Å². The topological polar surface area (TPSA) is 47.6 Å². The Morgan fingerprint density at radius 1 is 1.08 bits per heavy atom. The zero-order valence-corrected chi connectivity index (χ0v) is 15.0. The fourth-order valence-corrected chi connectivity index (χ4v) is 2.50. The highest BCUT2D eigenvalue weighted by atomic mass is 35.5. The lowest BCUT2D eigenvalue weighted by atomic mass is 10.1. The summed E-state index contributed by atoms with van der Waals surface area (Å²) in [7, 11) is 0. The summed E-state index contributed by atoms with van der Waals surface area (Å²) in [5.74, 6) is 0.270. The minimum absolute atomic E-state index is 0.0221. The highest BCUT2D eigenvalue weighted by molar-refractivity contribution is 6.30. The van der Waals surface area contributed by atoms with E-state index < -0.39 is 11.7 Å². The van der Waals surface area contributed by atoms with Gasteiger partial charge in [-0.1, -0.05) is 17.7 Å². The molecule has 0 aliphatic carbocycles. The van der Waals surface area contributed by atoms with Crippen molar-refractivity contribution in [2.24, 2.45) is 0 Å². The van der Waals surface area contributed by atoms with E-state index in [4.69, 9.17) is 21.1 Å². The van der Waals surface area contributed by atoms with E-state index in [1.807, 2.05) is 32.0 Å². The minimum Gasteiger partial charge on any atom is -0.490 e. The van der Waals surface area contributed by atoms with Gasteiger partial charge in [0.1, 0.15) is 5.82 Å². The lowest BCUT2D eigenvalue weighted by molar-refractivity contribution is 0.0950. The fraction of sp³-hybridized carbons (Fsp3) is 0.316. The molecule has 2 aromatic rings. The molecule has 0 atom stereocenters. The van der Waals surface area contributed by atoms with Gasteiger partial charge in [0.05, 0.1) is 18.8 Å². The molecule has 0 bridgehead atoms. The molecule has 1 N–H and O–H groups in total. The first kappa shape index (κ1) is 19.1. The van der Waals surface area contributed by atoms with Gasteiger partial charge >= 0.3 is 0 Å². The number of amides is 1. The van der Waals surface area contributed by atoms with Crippen LogP contribution < -0.4 is 14.8 Å². The van der Waals surface area contributed by atoms with E-state index in [9.17, 15) is 9.18 Å². The normalized spacial score (nSPS) is 10.4. The Morgan fingerprint density at radius 2 is 1.80 bits per heavy atom. The average Bonchev–Trinajstić information content (AvgIpc) is 2.57. The number of carbonyl (C=O) groups excluding carboxylic acids is 1. The fourth-order valence-electron chi connectivity index (χ4n) is 2.34. The monoisotopic (exact) mass is 365 g/mol. The van der Waals surface area contributed by atoms with Crippen LogP contribution in [-0.2, 0) is 6.42 Å². The van der Waals surface area contributed by atoms with Gasteiger partial charge in [-0.25, -0.2) is 4.39 Å². The zero-order chi connectivity index (χ0) is 18.2. The van der Waals surface area contributed by atoms with Gasteiger partial charge in [-0.15, -0.1) is 0 Å². The van der Waals surface area contributed by atoms with Crippen LogP contribution in [0.25, 0.3) is 0 Å². The van der Waals surface area contributed by atoms with Crippen LogP contribution in [0.2, 0.25) is 5.02 Å². The molecule has 0 fully saturated rings. The van der Waals surface area contributed by atoms with Gasteiger partial charge < -0.3 is 14.8 Å². The number of benzene rings is 2. The van der Waals surface area contributed by atoms with Crippen molar-refractivity contribution < 1.29 is 18.7 Å². The highest BCUT2D eigenvalue weighted by Gasteiger charge is 2.12. The van der Waals surface area contributed by atoms with E-state index in [0.717, 1.165) is 11.6 Å². The Bertz CT molecular complexity index is 737. The zero-order valence-electron chi connectivity index (χ0n) is 14.3. The second kappa shape index (κ2) is 9.28. The summed E-state index contributed by atoms with van der Waals surface area (Å²) in [5, 5.41) is 2.96. The second-order valence-corrected chi connectivity index (χ2v) is 5.71. The first-order valence-corrected chi connectivity index (χ1v) is 8.54. The molecule has 0 aliphatic heterocycles. The Labute approximate surface area is 151 Å². The summed E-state index contributed by atoms with van der Waals surface area (Å²) in [6.45, 7) is 5.29. The summed E-state index contributed by atoms with van der Waals surface area (Å²) in [6, 6.07) is 9.64. The van der Waals surface area contributed by atoms with E-state index in [0.29, 0.717) is 37.7 Å². The number of hydrogen-bond donors (Lipinski definition) is 1. The van der Waals surface area contributed by atoms with Gasteiger partial charge in [0.25, 0.3) is 5.91 Å². The van der Waals surface area contributed by atoms with Gasteiger partial charge in [0, 0.05) is 11.6 Å². The van der Waals surface area contributed by atoms with Gasteiger partial charge in [-0.2, -0.15) is 0 Å². The lowest BCUT2D eigenvalue weighted by Gasteiger charge is -2.12. The van der Waals surface area contributed by atoms with E-state index in [-0.39, 0.29) is 10.6 Å². The lowest BCUT2D eigenvalue weighted by Crippen LogP contribution is -2.26. The Hall–Kier alpha value is -2.27. The minimum atomic E-state index is -0.635. The number of rotatable bonds is 8.